The van der Waals surface area contributed by atoms with E-state index in [1.807, 2.05) is 13.8 Å². The normalized spacial score (nSPS) is 18.1. The van der Waals surface area contributed by atoms with Crippen LogP contribution in [0.3, 0.4) is 0 Å². The molecule has 1 aliphatic heterocycles. The number of benzene rings is 1. The number of hydrogen-bond acceptors (Lipinski definition) is 5. The fraction of sp³-hybridized carbons (Fsp3) is 0.611. The number of halogens is 1. The summed E-state index contributed by atoms with van der Waals surface area (Å²) in [5.41, 5.74) is 0.712. The summed E-state index contributed by atoms with van der Waals surface area (Å²) in [6.45, 7) is 7.20. The molecule has 1 heterocycles. The van der Waals surface area contributed by atoms with Crippen molar-refractivity contribution in [1.29, 1.82) is 0 Å². The van der Waals surface area contributed by atoms with Crippen molar-refractivity contribution in [2.24, 2.45) is 4.99 Å². The summed E-state index contributed by atoms with van der Waals surface area (Å²) >= 11 is 0. The lowest BCUT2D eigenvalue weighted by molar-refractivity contribution is 0.0347. The van der Waals surface area contributed by atoms with Gasteiger partial charge in [0.05, 0.1) is 33.0 Å². The Bertz CT molecular complexity index is 565. The van der Waals surface area contributed by atoms with E-state index < -0.39 is 0 Å². The molecule has 2 rings (SSSR count). The number of methoxy groups -OCH3 is 1. The van der Waals surface area contributed by atoms with Gasteiger partial charge in [0.25, 0.3) is 0 Å². The average molecular weight is 479 g/mol. The third-order valence-electron chi connectivity index (χ3n) is 3.89. The topological polar surface area (TPSA) is 84.3 Å². The van der Waals surface area contributed by atoms with Gasteiger partial charge < -0.3 is 30.0 Å². The molecule has 1 aromatic carbocycles. The quantitative estimate of drug-likeness (QED) is 0.302. The minimum atomic E-state index is 0. The number of hydrogen-bond donors (Lipinski definition) is 3. The van der Waals surface area contributed by atoms with Gasteiger partial charge in [-0.05, 0) is 38.5 Å². The molecule has 0 saturated carbocycles. The number of aromatic hydroxyl groups is 1. The van der Waals surface area contributed by atoms with Crippen molar-refractivity contribution in [3.05, 3.63) is 23.8 Å². The van der Waals surface area contributed by atoms with Crippen molar-refractivity contribution in [3.63, 3.8) is 0 Å². The average Bonchev–Trinajstić information content (AvgIpc) is 3.13. The van der Waals surface area contributed by atoms with E-state index in [-0.39, 0.29) is 41.9 Å². The second-order valence-electron chi connectivity index (χ2n) is 6.05. The molecule has 3 N–H and O–H groups in total. The standard InChI is InChI=1S/C18H29N3O4.HI/c1-4-19-18(21-13(2)11-25-16-7-8-24-12-16)20-10-14-9-15(23-3)5-6-17(14)22;/h5-6,9,13,16,22H,4,7-8,10-12H2,1-3H3,(H2,19,20,21);1H. The van der Waals surface area contributed by atoms with E-state index in [2.05, 4.69) is 15.6 Å². The van der Waals surface area contributed by atoms with Crippen LogP contribution in [-0.2, 0) is 16.0 Å². The van der Waals surface area contributed by atoms with Crippen LogP contribution in [0.25, 0.3) is 0 Å². The number of rotatable bonds is 8. The first kappa shape index (κ1) is 22.8. The van der Waals surface area contributed by atoms with E-state index in [1.54, 1.807) is 25.3 Å². The lowest BCUT2D eigenvalue weighted by Crippen LogP contribution is -2.44. The van der Waals surface area contributed by atoms with Gasteiger partial charge in [-0.3, -0.25) is 0 Å². The summed E-state index contributed by atoms with van der Waals surface area (Å²) in [5, 5.41) is 16.5. The number of phenols is 1. The number of ether oxygens (including phenoxy) is 3. The Kier molecular flexibility index (Phi) is 10.7. The number of phenolic OH excluding ortho intramolecular Hbond substituents is 1. The van der Waals surface area contributed by atoms with Gasteiger partial charge in [0, 0.05) is 24.8 Å². The zero-order chi connectivity index (χ0) is 18.1. The Hall–Kier alpha value is -1.26. The summed E-state index contributed by atoms with van der Waals surface area (Å²) in [4.78, 5) is 4.54. The summed E-state index contributed by atoms with van der Waals surface area (Å²) in [7, 11) is 1.60. The number of aliphatic imine (C=N–C) groups is 1. The third kappa shape index (κ3) is 7.55. The molecule has 0 amide bonds. The lowest BCUT2D eigenvalue weighted by atomic mass is 10.2. The molecule has 0 aromatic heterocycles. The molecule has 0 bridgehead atoms. The first-order chi connectivity index (χ1) is 12.1. The van der Waals surface area contributed by atoms with Crippen LogP contribution in [0.5, 0.6) is 11.5 Å². The van der Waals surface area contributed by atoms with Crippen molar-refractivity contribution < 1.29 is 19.3 Å². The van der Waals surface area contributed by atoms with Crippen molar-refractivity contribution in [2.45, 2.75) is 39.0 Å². The highest BCUT2D eigenvalue weighted by Gasteiger charge is 2.17. The van der Waals surface area contributed by atoms with Crippen molar-refractivity contribution in [3.8, 4) is 11.5 Å². The van der Waals surface area contributed by atoms with Crippen LogP contribution in [0.15, 0.2) is 23.2 Å². The molecule has 1 aliphatic rings. The molecule has 1 fully saturated rings. The molecule has 26 heavy (non-hydrogen) atoms. The van der Waals surface area contributed by atoms with Crippen molar-refractivity contribution >= 4 is 29.9 Å². The molecule has 1 saturated heterocycles. The van der Waals surface area contributed by atoms with Gasteiger partial charge in [-0.1, -0.05) is 0 Å². The van der Waals surface area contributed by atoms with E-state index in [9.17, 15) is 5.11 Å². The highest BCUT2D eigenvalue weighted by atomic mass is 127. The first-order valence-electron chi connectivity index (χ1n) is 8.72. The predicted octanol–water partition coefficient (Wildman–Crippen LogP) is 2.27. The second kappa shape index (κ2) is 12.2. The van der Waals surface area contributed by atoms with Crippen molar-refractivity contribution in [2.75, 3.05) is 33.5 Å². The highest BCUT2D eigenvalue weighted by Crippen LogP contribution is 2.23. The van der Waals surface area contributed by atoms with Crippen LogP contribution >= 0.6 is 24.0 Å². The summed E-state index contributed by atoms with van der Waals surface area (Å²) < 4.78 is 16.3. The Labute approximate surface area is 172 Å². The van der Waals surface area contributed by atoms with E-state index in [0.29, 0.717) is 37.0 Å². The van der Waals surface area contributed by atoms with Gasteiger partial charge in [-0.25, -0.2) is 4.99 Å². The largest absolute Gasteiger partial charge is 0.508 e. The molecule has 8 heteroatoms. The molecule has 148 valence electrons. The fourth-order valence-corrected chi connectivity index (χ4v) is 2.50. The maximum absolute atomic E-state index is 9.96. The van der Waals surface area contributed by atoms with Gasteiger partial charge in [0.1, 0.15) is 11.5 Å². The van der Waals surface area contributed by atoms with Crippen LogP contribution in [0.2, 0.25) is 0 Å². The number of nitrogens with one attached hydrogen (secondary N) is 2. The second-order valence-corrected chi connectivity index (χ2v) is 6.05. The Morgan fingerprint density at radius 3 is 2.92 bits per heavy atom. The summed E-state index contributed by atoms with van der Waals surface area (Å²) in [5.74, 6) is 1.59. The first-order valence-corrected chi connectivity index (χ1v) is 8.72. The van der Waals surface area contributed by atoms with E-state index in [4.69, 9.17) is 14.2 Å². The molecular weight excluding hydrogens is 449 g/mol. The smallest absolute Gasteiger partial charge is 0.191 e. The Morgan fingerprint density at radius 1 is 1.46 bits per heavy atom. The molecule has 2 unspecified atom stereocenters. The third-order valence-corrected chi connectivity index (χ3v) is 3.89. The van der Waals surface area contributed by atoms with Gasteiger partial charge in [0.2, 0.25) is 0 Å². The maximum Gasteiger partial charge on any atom is 0.191 e. The fourth-order valence-electron chi connectivity index (χ4n) is 2.50. The zero-order valence-corrected chi connectivity index (χ0v) is 18.0. The summed E-state index contributed by atoms with van der Waals surface area (Å²) in [6, 6.07) is 5.23. The van der Waals surface area contributed by atoms with Gasteiger partial charge in [-0.15, -0.1) is 24.0 Å². The molecule has 7 nitrogen and oxygen atoms in total. The molecular formula is C18H30IN3O4. The van der Waals surface area contributed by atoms with E-state index in [0.717, 1.165) is 19.6 Å². The zero-order valence-electron chi connectivity index (χ0n) is 15.7. The van der Waals surface area contributed by atoms with Crippen LogP contribution in [-0.4, -0.2) is 56.7 Å². The molecule has 1 aromatic rings. The highest BCUT2D eigenvalue weighted by molar-refractivity contribution is 14.0. The van der Waals surface area contributed by atoms with Gasteiger partial charge in [-0.2, -0.15) is 0 Å². The monoisotopic (exact) mass is 479 g/mol. The SMILES string of the molecule is CCNC(=NCc1cc(OC)ccc1O)NC(C)COC1CCOC1.I. The minimum absolute atomic E-state index is 0. The Balaban J connectivity index is 0.00000338. The molecule has 0 aliphatic carbocycles. The molecule has 0 radical (unpaired) electrons. The maximum atomic E-state index is 9.96. The lowest BCUT2D eigenvalue weighted by Gasteiger charge is -2.19. The van der Waals surface area contributed by atoms with E-state index >= 15 is 0 Å². The Morgan fingerprint density at radius 2 is 2.27 bits per heavy atom. The van der Waals surface area contributed by atoms with E-state index in [1.165, 1.54) is 0 Å². The minimum Gasteiger partial charge on any atom is -0.508 e. The van der Waals surface area contributed by atoms with Crippen LogP contribution in [0, 0.1) is 0 Å². The predicted molar refractivity (Wildman–Crippen MR) is 113 cm³/mol. The van der Waals surface area contributed by atoms with Crippen LogP contribution in [0.4, 0.5) is 0 Å². The number of guanidine groups is 1. The van der Waals surface area contributed by atoms with Gasteiger partial charge >= 0.3 is 0 Å². The van der Waals surface area contributed by atoms with Crippen LogP contribution in [0.1, 0.15) is 25.8 Å². The summed E-state index contributed by atoms with van der Waals surface area (Å²) in [6.07, 6.45) is 1.15. The molecule has 0 spiro atoms. The van der Waals surface area contributed by atoms with Gasteiger partial charge in [0.15, 0.2) is 5.96 Å². The van der Waals surface area contributed by atoms with Crippen molar-refractivity contribution in [1.82, 2.24) is 10.6 Å². The number of nitrogens with zero attached hydrogens (tertiary/aromatic N) is 1. The van der Waals surface area contributed by atoms with Crippen LogP contribution < -0.4 is 15.4 Å². The molecule has 2 atom stereocenters.